The van der Waals surface area contributed by atoms with Gasteiger partial charge in [-0.3, -0.25) is 0 Å². The molecular weight excluding hydrogens is 425 g/mol. The van der Waals surface area contributed by atoms with E-state index in [-0.39, 0.29) is 5.56 Å². The Morgan fingerprint density at radius 2 is 1.35 bits per heavy atom. The fourth-order valence-corrected chi connectivity index (χ4v) is 3.17. The van der Waals surface area contributed by atoms with Gasteiger partial charge in [0.25, 0.3) is 0 Å². The molecule has 3 aromatic rings. The summed E-state index contributed by atoms with van der Waals surface area (Å²) in [6, 6.07) is 8.55. The minimum atomic E-state index is -4.70. The van der Waals surface area contributed by atoms with Gasteiger partial charge in [-0.25, -0.2) is 17.6 Å². The summed E-state index contributed by atoms with van der Waals surface area (Å²) < 4.78 is 103. The van der Waals surface area contributed by atoms with E-state index in [9.17, 15) is 30.7 Å². The highest BCUT2D eigenvalue weighted by atomic mass is 19.3. The standard InChI is InChI=1S/C23H17F7O/c1-3-4-13-5-7-14(8-6-13)15-10-16(24)19(17(25)11-15)23(29,30)31-22-12(2)9-18(26)20(27)21(22)28/h5-11H,3-4H2,1-2H3. The van der Waals surface area contributed by atoms with Crippen molar-refractivity contribution in [1.82, 2.24) is 0 Å². The monoisotopic (exact) mass is 442 g/mol. The lowest BCUT2D eigenvalue weighted by Crippen LogP contribution is -2.26. The Kier molecular flexibility index (Phi) is 6.29. The van der Waals surface area contributed by atoms with Gasteiger partial charge in [-0.15, -0.1) is 0 Å². The number of hydrogen-bond donors (Lipinski definition) is 0. The van der Waals surface area contributed by atoms with Gasteiger partial charge in [-0.05, 0) is 53.8 Å². The fraction of sp³-hybridized carbons (Fsp3) is 0.217. The van der Waals surface area contributed by atoms with Crippen LogP contribution in [0.25, 0.3) is 11.1 Å². The molecule has 3 rings (SSSR count). The van der Waals surface area contributed by atoms with Crippen molar-refractivity contribution >= 4 is 0 Å². The number of halogens is 7. The van der Waals surface area contributed by atoms with E-state index < -0.39 is 52.1 Å². The van der Waals surface area contributed by atoms with Crippen LogP contribution in [0.1, 0.15) is 30.0 Å². The second-order valence-electron chi connectivity index (χ2n) is 7.01. The second kappa shape index (κ2) is 8.61. The zero-order chi connectivity index (χ0) is 22.9. The molecule has 0 saturated heterocycles. The molecule has 0 aromatic heterocycles. The molecule has 0 aliphatic heterocycles. The Balaban J connectivity index is 1.98. The number of rotatable bonds is 6. The van der Waals surface area contributed by atoms with Crippen molar-refractivity contribution < 1.29 is 35.5 Å². The van der Waals surface area contributed by atoms with Crippen molar-refractivity contribution in [2.75, 3.05) is 0 Å². The highest BCUT2D eigenvalue weighted by Crippen LogP contribution is 2.39. The molecule has 0 aliphatic rings. The van der Waals surface area contributed by atoms with Gasteiger partial charge in [0, 0.05) is 0 Å². The SMILES string of the molecule is CCCc1ccc(-c2cc(F)c(C(F)(F)Oc3c(C)cc(F)c(F)c3F)c(F)c2)cc1. The molecule has 3 aromatic carbocycles. The molecule has 0 atom stereocenters. The number of hydrogen-bond acceptors (Lipinski definition) is 1. The second-order valence-corrected chi connectivity index (χ2v) is 7.01. The minimum Gasteiger partial charge on any atom is -0.425 e. The average molecular weight is 442 g/mol. The molecule has 0 bridgehead atoms. The maximum atomic E-state index is 14.5. The van der Waals surface area contributed by atoms with E-state index in [4.69, 9.17) is 0 Å². The zero-order valence-corrected chi connectivity index (χ0v) is 16.5. The first-order valence-electron chi connectivity index (χ1n) is 9.35. The van der Waals surface area contributed by atoms with E-state index in [2.05, 4.69) is 4.74 Å². The van der Waals surface area contributed by atoms with Gasteiger partial charge in [0.15, 0.2) is 17.4 Å². The average Bonchev–Trinajstić information content (AvgIpc) is 2.69. The molecule has 1 nitrogen and oxygen atoms in total. The Hall–Kier alpha value is -3.03. The van der Waals surface area contributed by atoms with Crippen LogP contribution in [0.3, 0.4) is 0 Å². The lowest BCUT2D eigenvalue weighted by molar-refractivity contribution is -0.191. The predicted molar refractivity (Wildman–Crippen MR) is 101 cm³/mol. The normalized spacial score (nSPS) is 11.6. The summed E-state index contributed by atoms with van der Waals surface area (Å²) in [6.07, 6.45) is -2.98. The first-order valence-corrected chi connectivity index (χ1v) is 9.35. The lowest BCUT2D eigenvalue weighted by Gasteiger charge is -2.21. The Labute approximate surface area is 174 Å². The van der Waals surface area contributed by atoms with Gasteiger partial charge in [-0.2, -0.15) is 13.2 Å². The molecule has 0 amide bonds. The van der Waals surface area contributed by atoms with Crippen molar-refractivity contribution in [3.05, 3.63) is 88.2 Å². The van der Waals surface area contributed by atoms with Gasteiger partial charge >= 0.3 is 6.11 Å². The first kappa shape index (κ1) is 22.7. The van der Waals surface area contributed by atoms with Gasteiger partial charge < -0.3 is 4.74 Å². The molecule has 0 radical (unpaired) electrons. The third-order valence-electron chi connectivity index (χ3n) is 4.69. The molecule has 0 unspecified atom stereocenters. The summed E-state index contributed by atoms with van der Waals surface area (Å²) in [5, 5.41) is 0. The van der Waals surface area contributed by atoms with Crippen LogP contribution in [0.2, 0.25) is 0 Å². The summed E-state index contributed by atoms with van der Waals surface area (Å²) in [7, 11) is 0. The summed E-state index contributed by atoms with van der Waals surface area (Å²) in [5.74, 6) is -10.3. The summed E-state index contributed by atoms with van der Waals surface area (Å²) in [4.78, 5) is 0. The van der Waals surface area contributed by atoms with Crippen LogP contribution in [0.5, 0.6) is 5.75 Å². The van der Waals surface area contributed by atoms with Gasteiger partial charge in [0.1, 0.15) is 17.2 Å². The van der Waals surface area contributed by atoms with Gasteiger partial charge in [0.05, 0.1) is 0 Å². The van der Waals surface area contributed by atoms with E-state index in [1.807, 2.05) is 6.92 Å². The topological polar surface area (TPSA) is 9.23 Å². The maximum absolute atomic E-state index is 14.5. The summed E-state index contributed by atoms with van der Waals surface area (Å²) >= 11 is 0. The molecule has 0 heterocycles. The van der Waals surface area contributed by atoms with Crippen LogP contribution in [0, 0.1) is 36.0 Å². The number of aryl methyl sites for hydroxylation is 2. The third kappa shape index (κ3) is 4.52. The molecule has 0 N–H and O–H groups in total. The highest BCUT2D eigenvalue weighted by molar-refractivity contribution is 5.64. The van der Waals surface area contributed by atoms with Crippen molar-refractivity contribution in [3.63, 3.8) is 0 Å². The Morgan fingerprint density at radius 3 is 1.90 bits per heavy atom. The molecule has 0 saturated carbocycles. The van der Waals surface area contributed by atoms with Crippen LogP contribution < -0.4 is 4.74 Å². The predicted octanol–water partition coefficient (Wildman–Crippen LogP) is 7.44. The molecule has 0 aliphatic carbocycles. The number of benzene rings is 3. The highest BCUT2D eigenvalue weighted by Gasteiger charge is 2.42. The van der Waals surface area contributed by atoms with Crippen LogP contribution >= 0.6 is 0 Å². The van der Waals surface area contributed by atoms with E-state index >= 15 is 0 Å². The van der Waals surface area contributed by atoms with Crippen molar-refractivity contribution in [3.8, 4) is 16.9 Å². The number of alkyl halides is 2. The molecule has 31 heavy (non-hydrogen) atoms. The van der Waals surface area contributed by atoms with Crippen LogP contribution in [-0.4, -0.2) is 0 Å². The maximum Gasteiger partial charge on any atom is 0.432 e. The van der Waals surface area contributed by atoms with Crippen molar-refractivity contribution in [2.24, 2.45) is 0 Å². The minimum absolute atomic E-state index is 0.00721. The van der Waals surface area contributed by atoms with E-state index in [0.29, 0.717) is 23.8 Å². The van der Waals surface area contributed by atoms with Crippen LogP contribution in [-0.2, 0) is 12.5 Å². The van der Waals surface area contributed by atoms with Crippen molar-refractivity contribution in [1.29, 1.82) is 0 Å². The Morgan fingerprint density at radius 1 is 0.774 bits per heavy atom. The lowest BCUT2D eigenvalue weighted by atomic mass is 10.00. The molecule has 0 fully saturated rings. The first-order chi connectivity index (χ1) is 14.5. The molecular formula is C23H17F7O. The molecule has 8 heteroatoms. The van der Waals surface area contributed by atoms with Gasteiger partial charge in [-0.1, -0.05) is 37.6 Å². The Bertz CT molecular complexity index is 1080. The van der Waals surface area contributed by atoms with Crippen LogP contribution in [0.4, 0.5) is 30.7 Å². The summed E-state index contributed by atoms with van der Waals surface area (Å²) in [6.45, 7) is 2.97. The third-order valence-corrected chi connectivity index (χ3v) is 4.69. The quantitative estimate of drug-likeness (QED) is 0.285. The number of ether oxygens (including phenoxy) is 1. The van der Waals surface area contributed by atoms with Crippen molar-refractivity contribution in [2.45, 2.75) is 32.8 Å². The van der Waals surface area contributed by atoms with E-state index in [0.717, 1.165) is 25.3 Å². The zero-order valence-electron chi connectivity index (χ0n) is 16.5. The van der Waals surface area contributed by atoms with E-state index in [1.165, 1.54) is 0 Å². The fourth-order valence-electron chi connectivity index (χ4n) is 3.17. The molecule has 0 spiro atoms. The van der Waals surface area contributed by atoms with Gasteiger partial charge in [0.2, 0.25) is 5.82 Å². The van der Waals surface area contributed by atoms with E-state index in [1.54, 1.807) is 24.3 Å². The molecule has 164 valence electrons. The summed E-state index contributed by atoms with van der Waals surface area (Å²) in [5.41, 5.74) is -0.876. The largest absolute Gasteiger partial charge is 0.432 e. The smallest absolute Gasteiger partial charge is 0.425 e. The van der Waals surface area contributed by atoms with Crippen LogP contribution in [0.15, 0.2) is 42.5 Å².